The van der Waals surface area contributed by atoms with Crippen LogP contribution >= 0.6 is 0 Å². The number of benzene rings is 2. The SMILES string of the molecule is CCN(CC)C(=O)c1ccc(-c2ccc([C@@H](Oc3cc(N4CCC5(CC4)CNC(C(=O)O)C5)nc(N)n3)C(F)(F)F)c(-n3ccc(C)n3)c2)cc1. The molecule has 2 fully saturated rings. The van der Waals surface area contributed by atoms with Gasteiger partial charge in [-0.25, -0.2) is 4.68 Å². The van der Waals surface area contributed by atoms with Gasteiger partial charge in [-0.1, -0.05) is 24.3 Å². The summed E-state index contributed by atoms with van der Waals surface area (Å²) < 4.78 is 51.9. The maximum absolute atomic E-state index is 14.9. The molecule has 6 rings (SSSR count). The van der Waals surface area contributed by atoms with Gasteiger partial charge in [0.1, 0.15) is 11.9 Å². The third-order valence-electron chi connectivity index (χ3n) is 9.85. The van der Waals surface area contributed by atoms with Gasteiger partial charge in [0.2, 0.25) is 17.9 Å². The number of nitrogens with one attached hydrogen (secondary N) is 1. The number of rotatable bonds is 10. The van der Waals surface area contributed by atoms with Crippen molar-refractivity contribution in [3.05, 3.63) is 77.6 Å². The zero-order valence-electron chi connectivity index (χ0n) is 28.7. The molecule has 0 aliphatic carbocycles. The molecule has 51 heavy (non-hydrogen) atoms. The van der Waals surface area contributed by atoms with E-state index in [-0.39, 0.29) is 34.4 Å². The Hall–Kier alpha value is -5.18. The first-order chi connectivity index (χ1) is 24.3. The van der Waals surface area contributed by atoms with Crippen molar-refractivity contribution in [2.75, 3.05) is 43.4 Å². The predicted molar refractivity (Wildman–Crippen MR) is 185 cm³/mol. The summed E-state index contributed by atoms with van der Waals surface area (Å²) in [6.45, 7) is 8.32. The number of alkyl halides is 3. The van der Waals surface area contributed by atoms with Crippen LogP contribution in [0.25, 0.3) is 16.8 Å². The summed E-state index contributed by atoms with van der Waals surface area (Å²) in [5.74, 6) is -1.23. The second kappa shape index (κ2) is 14.2. The maximum Gasteiger partial charge on any atom is 0.429 e. The van der Waals surface area contributed by atoms with E-state index in [1.165, 1.54) is 16.8 Å². The number of anilines is 2. The van der Waals surface area contributed by atoms with Gasteiger partial charge in [0.25, 0.3) is 5.91 Å². The summed E-state index contributed by atoms with van der Waals surface area (Å²) in [4.78, 5) is 36.2. The van der Waals surface area contributed by atoms with Gasteiger partial charge in [0.05, 0.1) is 11.4 Å². The Morgan fingerprint density at radius 1 is 1.06 bits per heavy atom. The molecule has 2 aromatic heterocycles. The zero-order chi connectivity index (χ0) is 36.5. The molecule has 15 heteroatoms. The summed E-state index contributed by atoms with van der Waals surface area (Å²) in [6, 6.07) is 14.0. The number of aromatic nitrogens is 4. The van der Waals surface area contributed by atoms with Gasteiger partial charge in [-0.15, -0.1) is 0 Å². The highest BCUT2D eigenvalue weighted by Gasteiger charge is 2.46. The van der Waals surface area contributed by atoms with Crippen molar-refractivity contribution in [2.24, 2.45) is 5.41 Å². The monoisotopic (exact) mass is 706 g/mol. The number of aliphatic carboxylic acids is 1. The molecule has 4 N–H and O–H groups in total. The van der Waals surface area contributed by atoms with E-state index in [1.807, 2.05) is 18.7 Å². The van der Waals surface area contributed by atoms with E-state index in [1.54, 1.807) is 60.5 Å². The minimum absolute atomic E-state index is 0.0996. The van der Waals surface area contributed by atoms with E-state index in [4.69, 9.17) is 10.5 Å². The number of halogens is 3. The van der Waals surface area contributed by atoms with Gasteiger partial charge in [0, 0.05) is 56.1 Å². The fraction of sp³-hybridized carbons (Fsp3) is 0.417. The van der Waals surface area contributed by atoms with Crippen molar-refractivity contribution in [1.82, 2.24) is 30.0 Å². The van der Waals surface area contributed by atoms with Crippen LogP contribution in [0, 0.1) is 12.3 Å². The lowest BCUT2D eigenvalue weighted by Gasteiger charge is -2.39. The van der Waals surface area contributed by atoms with Crippen LogP contribution in [0.15, 0.2) is 60.8 Å². The molecule has 12 nitrogen and oxygen atoms in total. The lowest BCUT2D eigenvalue weighted by Crippen LogP contribution is -2.41. The third-order valence-corrected chi connectivity index (χ3v) is 9.85. The number of carboxylic acids is 1. The van der Waals surface area contributed by atoms with Crippen LogP contribution in [0.2, 0.25) is 0 Å². The average Bonchev–Trinajstić information content (AvgIpc) is 3.73. The Morgan fingerprint density at radius 3 is 2.33 bits per heavy atom. The van der Waals surface area contributed by atoms with Crippen LogP contribution in [0.5, 0.6) is 5.88 Å². The highest BCUT2D eigenvalue weighted by molar-refractivity contribution is 5.94. The lowest BCUT2D eigenvalue weighted by molar-refractivity contribution is -0.198. The molecular formula is C36H41F3N8O4. The number of nitrogen functional groups attached to an aromatic ring is 1. The molecule has 0 saturated carbocycles. The largest absolute Gasteiger partial charge is 0.480 e. The summed E-state index contributed by atoms with van der Waals surface area (Å²) in [7, 11) is 0. The highest BCUT2D eigenvalue weighted by Crippen LogP contribution is 2.43. The van der Waals surface area contributed by atoms with Crippen LogP contribution in [0.4, 0.5) is 24.9 Å². The Kier molecular flexibility index (Phi) is 9.93. The van der Waals surface area contributed by atoms with E-state index in [0.29, 0.717) is 80.2 Å². The summed E-state index contributed by atoms with van der Waals surface area (Å²) in [5, 5.41) is 16.9. The topological polar surface area (TPSA) is 152 Å². The molecule has 4 heterocycles. The van der Waals surface area contributed by atoms with Crippen molar-refractivity contribution in [2.45, 2.75) is 58.4 Å². The zero-order valence-corrected chi connectivity index (χ0v) is 28.7. The van der Waals surface area contributed by atoms with Gasteiger partial charge in [-0.2, -0.15) is 28.2 Å². The number of hydrogen-bond acceptors (Lipinski definition) is 9. The lowest BCUT2D eigenvalue weighted by atomic mass is 9.76. The normalized spacial score (nSPS) is 17.8. The first-order valence-electron chi connectivity index (χ1n) is 16.9. The molecule has 2 aliphatic rings. The predicted octanol–water partition coefficient (Wildman–Crippen LogP) is 5.42. The molecular weight excluding hydrogens is 665 g/mol. The minimum atomic E-state index is -4.86. The first kappa shape index (κ1) is 35.6. The number of ether oxygens (including phenoxy) is 1. The molecule has 2 aromatic carbocycles. The summed E-state index contributed by atoms with van der Waals surface area (Å²) in [5.41, 5.74) is 8.24. The fourth-order valence-electron chi connectivity index (χ4n) is 6.95. The molecule has 0 bridgehead atoms. The Balaban J connectivity index is 1.29. The molecule has 4 aromatic rings. The summed E-state index contributed by atoms with van der Waals surface area (Å²) >= 11 is 0. The first-order valence-corrected chi connectivity index (χ1v) is 16.9. The van der Waals surface area contributed by atoms with Crippen LogP contribution in [0.3, 0.4) is 0 Å². The molecule has 2 aliphatic heterocycles. The Morgan fingerprint density at radius 2 is 1.75 bits per heavy atom. The van der Waals surface area contributed by atoms with Crippen molar-refractivity contribution >= 4 is 23.6 Å². The maximum atomic E-state index is 14.9. The minimum Gasteiger partial charge on any atom is -0.480 e. The highest BCUT2D eigenvalue weighted by atomic mass is 19.4. The molecule has 1 spiro atoms. The number of aryl methyl sites for hydroxylation is 1. The van der Waals surface area contributed by atoms with E-state index in [0.717, 1.165) is 0 Å². The fourth-order valence-corrected chi connectivity index (χ4v) is 6.95. The third kappa shape index (κ3) is 7.62. The second-order valence-electron chi connectivity index (χ2n) is 13.2. The van der Waals surface area contributed by atoms with E-state index in [2.05, 4.69) is 20.4 Å². The standard InChI is InChI=1S/C36H41F3N8O4/c1-4-45(5-2)32(48)24-8-6-23(7-9-24)25-10-11-26(28(18-25)47-15-12-22(3)44-47)31(36(37,38)39)51-30-19-29(42-34(40)43-30)46-16-13-35(14-17-46)20-27(33(49)50)41-21-35/h6-12,15,18-19,27,31,41H,4-5,13-14,16-17,20-21H2,1-3H3,(H,49,50)(H2,40,42,43)/t27?,31-/m1/s1. The number of piperidine rings is 1. The quantitative estimate of drug-likeness (QED) is 0.195. The molecule has 1 unspecified atom stereocenters. The van der Waals surface area contributed by atoms with Gasteiger partial charge in [0.15, 0.2) is 0 Å². The van der Waals surface area contributed by atoms with Gasteiger partial charge < -0.3 is 30.7 Å². The number of nitrogens with two attached hydrogens (primary N) is 1. The molecule has 2 atom stereocenters. The van der Waals surface area contributed by atoms with Crippen LogP contribution in [-0.4, -0.2) is 86.6 Å². The van der Waals surface area contributed by atoms with E-state index >= 15 is 0 Å². The number of nitrogens with zero attached hydrogens (tertiary/aromatic N) is 6. The second-order valence-corrected chi connectivity index (χ2v) is 13.2. The van der Waals surface area contributed by atoms with Gasteiger partial charge in [-0.3, -0.25) is 9.59 Å². The van der Waals surface area contributed by atoms with Crippen molar-refractivity contribution in [3.63, 3.8) is 0 Å². The smallest absolute Gasteiger partial charge is 0.429 e. The average molecular weight is 707 g/mol. The van der Waals surface area contributed by atoms with Crippen molar-refractivity contribution < 1.29 is 32.6 Å². The number of hydrogen-bond donors (Lipinski definition) is 3. The van der Waals surface area contributed by atoms with Crippen LogP contribution in [-0.2, 0) is 4.79 Å². The van der Waals surface area contributed by atoms with E-state index < -0.39 is 24.3 Å². The molecule has 2 saturated heterocycles. The number of carbonyl (C=O) groups excluding carboxylic acids is 1. The Labute approximate surface area is 293 Å². The Bertz CT molecular complexity index is 1890. The number of carbonyl (C=O) groups is 2. The molecule has 1 amide bonds. The van der Waals surface area contributed by atoms with Gasteiger partial charge in [-0.05, 0) is 80.8 Å². The van der Waals surface area contributed by atoms with Crippen LogP contribution < -0.4 is 20.7 Å². The molecule has 0 radical (unpaired) electrons. The molecule has 270 valence electrons. The van der Waals surface area contributed by atoms with Crippen molar-refractivity contribution in [3.8, 4) is 22.7 Å². The van der Waals surface area contributed by atoms with Gasteiger partial charge >= 0.3 is 12.1 Å². The van der Waals surface area contributed by atoms with E-state index in [9.17, 15) is 27.9 Å². The van der Waals surface area contributed by atoms with Crippen molar-refractivity contribution in [1.29, 1.82) is 0 Å². The summed E-state index contributed by atoms with van der Waals surface area (Å²) in [6.07, 6.45) is -3.84. The number of carboxylic acid groups (broad SMARTS) is 1. The van der Waals surface area contributed by atoms with Crippen LogP contribution in [0.1, 0.15) is 60.8 Å². The number of amides is 1.